The van der Waals surface area contributed by atoms with Crippen molar-refractivity contribution in [2.45, 2.75) is 57.6 Å². The Hall–Kier alpha value is -0.160. The van der Waals surface area contributed by atoms with Crippen molar-refractivity contribution in [3.63, 3.8) is 0 Å². The first kappa shape index (κ1) is 15.9. The van der Waals surface area contributed by atoms with Crippen LogP contribution in [0.4, 0.5) is 0 Å². The number of aliphatic hydroxyl groups excluding tert-OH is 1. The van der Waals surface area contributed by atoms with Gasteiger partial charge in [-0.25, -0.2) is 0 Å². The average molecular weight is 258 g/mol. The number of likely N-dealkylation sites (N-methyl/N-ethyl adjacent to an activating group) is 2. The monoisotopic (exact) mass is 258 g/mol. The zero-order valence-electron chi connectivity index (χ0n) is 12.9. The third-order valence-corrected chi connectivity index (χ3v) is 4.21. The smallest absolute Gasteiger partial charge is 0.0959 e. The van der Waals surface area contributed by atoms with Crippen molar-refractivity contribution < 1.29 is 9.84 Å². The van der Waals surface area contributed by atoms with Crippen LogP contribution in [0.5, 0.6) is 0 Å². The van der Waals surface area contributed by atoms with Crippen molar-refractivity contribution in [1.82, 2.24) is 9.80 Å². The van der Waals surface area contributed by atoms with E-state index >= 15 is 0 Å². The molecule has 0 radical (unpaired) electrons. The highest BCUT2D eigenvalue weighted by Gasteiger charge is 2.41. The summed E-state index contributed by atoms with van der Waals surface area (Å²) in [6.45, 7) is 6.42. The number of ether oxygens (including phenoxy) is 1. The lowest BCUT2D eigenvalue weighted by Crippen LogP contribution is -2.58. The summed E-state index contributed by atoms with van der Waals surface area (Å²) in [7, 11) is 8.23. The van der Waals surface area contributed by atoms with Crippen LogP contribution in [0.25, 0.3) is 0 Å². The Labute approximate surface area is 112 Å². The first-order chi connectivity index (χ1) is 8.25. The molecule has 1 rings (SSSR count). The topological polar surface area (TPSA) is 35.9 Å². The average Bonchev–Trinajstić information content (AvgIpc) is 2.27. The Morgan fingerprint density at radius 1 is 1.11 bits per heavy atom. The van der Waals surface area contributed by atoms with Gasteiger partial charge in [-0.3, -0.25) is 0 Å². The van der Waals surface area contributed by atoms with Gasteiger partial charge in [0.2, 0.25) is 0 Å². The van der Waals surface area contributed by atoms with Gasteiger partial charge in [-0.05, 0) is 47.5 Å². The molecule has 0 aromatic carbocycles. The number of aliphatic hydroxyl groups is 1. The molecule has 1 aliphatic rings. The van der Waals surface area contributed by atoms with Gasteiger partial charge >= 0.3 is 0 Å². The van der Waals surface area contributed by atoms with Crippen LogP contribution in [0.2, 0.25) is 0 Å². The lowest BCUT2D eigenvalue weighted by molar-refractivity contribution is -0.176. The van der Waals surface area contributed by atoms with Gasteiger partial charge in [0, 0.05) is 12.1 Å². The minimum atomic E-state index is -0.398. The molecule has 4 heteroatoms. The Morgan fingerprint density at radius 2 is 1.67 bits per heavy atom. The highest BCUT2D eigenvalue weighted by Crippen LogP contribution is 2.29. The van der Waals surface area contributed by atoms with Gasteiger partial charge in [0.05, 0.1) is 18.3 Å². The second-order valence-corrected chi connectivity index (χ2v) is 6.34. The second-order valence-electron chi connectivity index (χ2n) is 6.34. The minimum absolute atomic E-state index is 0.0708. The van der Waals surface area contributed by atoms with Gasteiger partial charge in [0.15, 0.2) is 0 Å². The molecule has 1 heterocycles. The molecule has 3 unspecified atom stereocenters. The Morgan fingerprint density at radius 3 is 2.06 bits per heavy atom. The van der Waals surface area contributed by atoms with E-state index in [1.165, 1.54) is 0 Å². The highest BCUT2D eigenvalue weighted by molar-refractivity contribution is 4.93. The normalized spacial score (nSPS) is 35.5. The molecule has 0 spiro atoms. The molecular weight excluding hydrogens is 228 g/mol. The molecule has 5 atom stereocenters. The quantitative estimate of drug-likeness (QED) is 0.817. The maximum absolute atomic E-state index is 10.4. The van der Waals surface area contributed by atoms with E-state index in [4.69, 9.17) is 4.74 Å². The summed E-state index contributed by atoms with van der Waals surface area (Å²) in [6.07, 6.45) is 0.601. The standard InChI is InChI=1S/C14H30N2O2/c1-9(2)14-13(17)11(16(6)7)8-12(18-14)10(3)15(4)5/h9-14,17H,8H2,1-7H3/t10-,11?,12?,13?,14+/m1/s1. The van der Waals surface area contributed by atoms with Crippen LogP contribution < -0.4 is 0 Å². The van der Waals surface area contributed by atoms with E-state index in [0.29, 0.717) is 12.0 Å². The van der Waals surface area contributed by atoms with Gasteiger partial charge in [-0.1, -0.05) is 13.8 Å². The summed E-state index contributed by atoms with van der Waals surface area (Å²) in [6, 6.07) is 0.541. The van der Waals surface area contributed by atoms with Crippen LogP contribution >= 0.6 is 0 Å². The second kappa shape index (κ2) is 6.33. The molecule has 0 saturated carbocycles. The van der Waals surface area contributed by atoms with Gasteiger partial charge in [0.25, 0.3) is 0 Å². The van der Waals surface area contributed by atoms with Gasteiger partial charge in [-0.15, -0.1) is 0 Å². The summed E-state index contributed by atoms with van der Waals surface area (Å²) in [5.74, 6) is 0.333. The molecule has 108 valence electrons. The fourth-order valence-electron chi connectivity index (χ4n) is 2.65. The van der Waals surface area contributed by atoms with Crippen LogP contribution in [-0.4, -0.2) is 73.5 Å². The van der Waals surface area contributed by atoms with Crippen molar-refractivity contribution >= 4 is 0 Å². The Bertz CT molecular complexity index is 238. The molecule has 1 N–H and O–H groups in total. The van der Waals surface area contributed by atoms with E-state index in [1.54, 1.807) is 0 Å². The summed E-state index contributed by atoms with van der Waals surface area (Å²) in [4.78, 5) is 4.31. The van der Waals surface area contributed by atoms with E-state index in [1.807, 2.05) is 14.1 Å². The third kappa shape index (κ3) is 3.44. The van der Waals surface area contributed by atoms with Crippen LogP contribution in [0.1, 0.15) is 27.2 Å². The number of rotatable bonds is 4. The van der Waals surface area contributed by atoms with Gasteiger partial charge in [-0.2, -0.15) is 0 Å². The number of nitrogens with zero attached hydrogens (tertiary/aromatic N) is 2. The molecular formula is C14H30N2O2. The van der Waals surface area contributed by atoms with Crippen molar-refractivity contribution in [3.05, 3.63) is 0 Å². The predicted octanol–water partition coefficient (Wildman–Crippen LogP) is 1.04. The summed E-state index contributed by atoms with van der Waals surface area (Å²) in [5, 5.41) is 10.4. The van der Waals surface area contributed by atoms with E-state index < -0.39 is 6.10 Å². The molecule has 0 aliphatic carbocycles. The maximum Gasteiger partial charge on any atom is 0.0959 e. The van der Waals surface area contributed by atoms with Crippen LogP contribution in [0.3, 0.4) is 0 Å². The van der Waals surface area contributed by atoms with Crippen molar-refractivity contribution in [2.24, 2.45) is 5.92 Å². The summed E-state index contributed by atoms with van der Waals surface area (Å²) < 4.78 is 6.15. The summed E-state index contributed by atoms with van der Waals surface area (Å²) >= 11 is 0. The van der Waals surface area contributed by atoms with Crippen molar-refractivity contribution in [2.75, 3.05) is 28.2 Å². The number of hydrogen-bond acceptors (Lipinski definition) is 4. The fraction of sp³-hybridized carbons (Fsp3) is 1.00. The molecule has 0 aromatic heterocycles. The van der Waals surface area contributed by atoms with E-state index in [0.717, 1.165) is 6.42 Å². The minimum Gasteiger partial charge on any atom is -0.389 e. The predicted molar refractivity (Wildman–Crippen MR) is 74.7 cm³/mol. The Kier molecular flexibility index (Phi) is 5.59. The molecule has 0 aromatic rings. The lowest BCUT2D eigenvalue weighted by atomic mass is 9.87. The van der Waals surface area contributed by atoms with Crippen molar-refractivity contribution in [3.8, 4) is 0 Å². The van der Waals surface area contributed by atoms with Crippen LogP contribution in [-0.2, 0) is 4.74 Å². The van der Waals surface area contributed by atoms with E-state index in [2.05, 4.69) is 44.7 Å². The van der Waals surface area contributed by atoms with Crippen LogP contribution in [0.15, 0.2) is 0 Å². The van der Waals surface area contributed by atoms with Gasteiger partial charge < -0.3 is 19.6 Å². The summed E-state index contributed by atoms with van der Waals surface area (Å²) in [5.41, 5.74) is 0. The van der Waals surface area contributed by atoms with Crippen molar-refractivity contribution in [1.29, 1.82) is 0 Å². The molecule has 0 amide bonds. The highest BCUT2D eigenvalue weighted by atomic mass is 16.5. The first-order valence-corrected chi connectivity index (χ1v) is 6.92. The zero-order chi connectivity index (χ0) is 14.0. The molecule has 18 heavy (non-hydrogen) atoms. The first-order valence-electron chi connectivity index (χ1n) is 6.92. The van der Waals surface area contributed by atoms with Gasteiger partial charge in [0.1, 0.15) is 0 Å². The molecule has 1 aliphatic heterocycles. The number of hydrogen-bond donors (Lipinski definition) is 1. The molecule has 1 saturated heterocycles. The molecule has 1 fully saturated rings. The Balaban J connectivity index is 2.85. The van der Waals surface area contributed by atoms with Crippen LogP contribution in [0, 0.1) is 5.92 Å². The molecule has 0 bridgehead atoms. The molecule has 4 nitrogen and oxygen atoms in total. The maximum atomic E-state index is 10.4. The third-order valence-electron chi connectivity index (χ3n) is 4.21. The van der Waals surface area contributed by atoms with E-state index in [-0.39, 0.29) is 18.2 Å². The SMILES string of the molecule is CC(C)[C@@H]1OC([C@@H](C)N(C)C)CC(N(C)C)C1O. The lowest BCUT2D eigenvalue weighted by Gasteiger charge is -2.46. The fourth-order valence-corrected chi connectivity index (χ4v) is 2.65. The largest absolute Gasteiger partial charge is 0.389 e. The zero-order valence-corrected chi connectivity index (χ0v) is 12.9. The van der Waals surface area contributed by atoms with E-state index in [9.17, 15) is 5.11 Å².